The van der Waals surface area contributed by atoms with E-state index in [4.69, 9.17) is 0 Å². The average molecular weight is 402 g/mol. The summed E-state index contributed by atoms with van der Waals surface area (Å²) in [5.41, 5.74) is 1.03. The van der Waals surface area contributed by atoms with Crippen molar-refractivity contribution in [3.63, 3.8) is 0 Å². The molecule has 2 aliphatic rings. The number of amides is 1. The first-order valence-corrected chi connectivity index (χ1v) is 10.5. The van der Waals surface area contributed by atoms with Gasteiger partial charge in [-0.05, 0) is 51.3 Å². The number of carbonyl (C=O) groups excluding carboxylic acids is 1. The van der Waals surface area contributed by atoms with Crippen LogP contribution < -0.4 is 10.6 Å². The highest BCUT2D eigenvalue weighted by molar-refractivity contribution is 7.89. The second kappa shape index (κ2) is 9.17. The van der Waals surface area contributed by atoms with Crippen LogP contribution in [0, 0.1) is 12.8 Å². The second-order valence-electron chi connectivity index (χ2n) is 7.03. The van der Waals surface area contributed by atoms with Gasteiger partial charge >= 0.3 is 0 Å². The van der Waals surface area contributed by atoms with E-state index in [1.165, 1.54) is 4.31 Å². The lowest BCUT2D eigenvalue weighted by Gasteiger charge is -2.30. The molecule has 0 saturated carbocycles. The van der Waals surface area contributed by atoms with Crippen LogP contribution in [0.3, 0.4) is 0 Å². The average Bonchev–Trinajstić information content (AvgIpc) is 3.14. The molecular formula is C18H28ClN3O3S. The van der Waals surface area contributed by atoms with Gasteiger partial charge in [0, 0.05) is 31.6 Å². The molecule has 2 fully saturated rings. The number of carbonyl (C=O) groups is 1. The van der Waals surface area contributed by atoms with Crippen LogP contribution in [0.4, 0.5) is 0 Å². The van der Waals surface area contributed by atoms with Crippen molar-refractivity contribution in [2.45, 2.75) is 43.5 Å². The summed E-state index contributed by atoms with van der Waals surface area (Å²) in [7, 11) is -3.46. The van der Waals surface area contributed by atoms with Gasteiger partial charge in [-0.2, -0.15) is 4.31 Å². The quantitative estimate of drug-likeness (QED) is 0.786. The maximum Gasteiger partial charge on any atom is 0.243 e. The number of aryl methyl sites for hydroxylation is 1. The molecule has 1 aromatic rings. The van der Waals surface area contributed by atoms with Gasteiger partial charge in [-0.25, -0.2) is 8.42 Å². The van der Waals surface area contributed by atoms with Crippen LogP contribution in [0.15, 0.2) is 29.2 Å². The van der Waals surface area contributed by atoms with Crippen molar-refractivity contribution in [2.75, 3.05) is 26.2 Å². The lowest BCUT2D eigenvalue weighted by atomic mass is 9.97. The lowest BCUT2D eigenvalue weighted by molar-refractivity contribution is -0.126. The standard InChI is InChI=1S/C18H27N3O3S.ClH/c1-14-4-6-17(7-5-14)25(23,24)21-11-8-15(9-12-21)18(22)20-13-16-3-2-10-19-16;/h4-7,15-16,19H,2-3,8-13H2,1H3,(H,20,22);1H. The number of sulfonamides is 1. The van der Waals surface area contributed by atoms with Crippen LogP contribution in [0.2, 0.25) is 0 Å². The molecule has 6 nitrogen and oxygen atoms in total. The SMILES string of the molecule is Cc1ccc(S(=O)(=O)N2CCC(C(=O)NCC3CCCN3)CC2)cc1.Cl. The Labute approximate surface area is 162 Å². The van der Waals surface area contributed by atoms with Crippen molar-refractivity contribution in [2.24, 2.45) is 5.92 Å². The number of rotatable bonds is 5. The van der Waals surface area contributed by atoms with Gasteiger partial charge in [0.25, 0.3) is 0 Å². The van der Waals surface area contributed by atoms with Crippen molar-refractivity contribution < 1.29 is 13.2 Å². The second-order valence-corrected chi connectivity index (χ2v) is 8.97. The van der Waals surface area contributed by atoms with Crippen molar-refractivity contribution in [3.05, 3.63) is 29.8 Å². The summed E-state index contributed by atoms with van der Waals surface area (Å²) in [6.07, 6.45) is 3.42. The summed E-state index contributed by atoms with van der Waals surface area (Å²) in [4.78, 5) is 12.6. The van der Waals surface area contributed by atoms with Gasteiger partial charge in [-0.3, -0.25) is 4.79 Å². The highest BCUT2D eigenvalue weighted by atomic mass is 35.5. The summed E-state index contributed by atoms with van der Waals surface area (Å²) in [5, 5.41) is 6.38. The number of halogens is 1. The van der Waals surface area contributed by atoms with Gasteiger partial charge in [0.2, 0.25) is 15.9 Å². The molecule has 3 rings (SSSR count). The van der Waals surface area contributed by atoms with Gasteiger partial charge < -0.3 is 10.6 Å². The normalized spacial score (nSPS) is 22.0. The third-order valence-corrected chi connectivity index (χ3v) is 7.08. The van der Waals surface area contributed by atoms with Crippen LogP contribution in [-0.2, 0) is 14.8 Å². The fourth-order valence-corrected chi connectivity index (χ4v) is 4.99. The Balaban J connectivity index is 0.00000243. The van der Waals surface area contributed by atoms with Gasteiger partial charge in [0.05, 0.1) is 4.90 Å². The summed E-state index contributed by atoms with van der Waals surface area (Å²) in [6, 6.07) is 7.30. The zero-order valence-corrected chi connectivity index (χ0v) is 16.7. The van der Waals surface area contributed by atoms with E-state index in [-0.39, 0.29) is 24.2 Å². The number of nitrogens with zero attached hydrogens (tertiary/aromatic N) is 1. The number of hydrogen-bond acceptors (Lipinski definition) is 4. The molecule has 0 bridgehead atoms. The van der Waals surface area contributed by atoms with Crippen molar-refractivity contribution in [3.8, 4) is 0 Å². The third-order valence-electron chi connectivity index (χ3n) is 5.17. The molecule has 2 saturated heterocycles. The Morgan fingerprint density at radius 1 is 1.19 bits per heavy atom. The van der Waals surface area contributed by atoms with Gasteiger partial charge in [-0.15, -0.1) is 12.4 Å². The minimum absolute atomic E-state index is 0. The fraction of sp³-hybridized carbons (Fsp3) is 0.611. The van der Waals surface area contributed by atoms with Crippen LogP contribution in [-0.4, -0.2) is 50.9 Å². The molecule has 8 heteroatoms. The highest BCUT2D eigenvalue weighted by Gasteiger charge is 2.32. The van der Waals surface area contributed by atoms with E-state index in [0.29, 0.717) is 43.4 Å². The van der Waals surface area contributed by atoms with Gasteiger partial charge in [0.1, 0.15) is 0 Å². The number of benzene rings is 1. The zero-order valence-electron chi connectivity index (χ0n) is 15.1. The predicted octanol–water partition coefficient (Wildman–Crippen LogP) is 1.69. The minimum atomic E-state index is -3.46. The molecule has 146 valence electrons. The Kier molecular flexibility index (Phi) is 7.46. The highest BCUT2D eigenvalue weighted by Crippen LogP contribution is 2.24. The summed E-state index contributed by atoms with van der Waals surface area (Å²) in [6.45, 7) is 4.42. The van der Waals surface area contributed by atoms with E-state index in [2.05, 4.69) is 10.6 Å². The number of hydrogen-bond donors (Lipinski definition) is 2. The number of piperidine rings is 1. The fourth-order valence-electron chi connectivity index (χ4n) is 3.52. The third kappa shape index (κ3) is 4.97. The maximum atomic E-state index is 12.7. The van der Waals surface area contributed by atoms with Crippen LogP contribution in [0.25, 0.3) is 0 Å². The first-order chi connectivity index (χ1) is 12.0. The minimum Gasteiger partial charge on any atom is -0.354 e. The van der Waals surface area contributed by atoms with E-state index in [0.717, 1.165) is 24.9 Å². The molecule has 2 heterocycles. The van der Waals surface area contributed by atoms with Gasteiger partial charge in [0.15, 0.2) is 0 Å². The molecular weight excluding hydrogens is 374 g/mol. The Morgan fingerprint density at radius 2 is 1.85 bits per heavy atom. The van der Waals surface area contributed by atoms with Crippen LogP contribution >= 0.6 is 12.4 Å². The zero-order chi connectivity index (χ0) is 17.9. The molecule has 0 spiro atoms. The molecule has 0 aromatic heterocycles. The van der Waals surface area contributed by atoms with Crippen LogP contribution in [0.1, 0.15) is 31.2 Å². The first kappa shape index (κ1) is 21.2. The van der Waals surface area contributed by atoms with Crippen molar-refractivity contribution in [1.82, 2.24) is 14.9 Å². The Hall–Kier alpha value is -1.15. The van der Waals surface area contributed by atoms with Crippen molar-refractivity contribution >= 4 is 28.3 Å². The molecule has 2 aliphatic heterocycles. The molecule has 1 unspecified atom stereocenters. The van der Waals surface area contributed by atoms with E-state index < -0.39 is 10.0 Å². The van der Waals surface area contributed by atoms with Crippen LogP contribution in [0.5, 0.6) is 0 Å². The smallest absolute Gasteiger partial charge is 0.243 e. The molecule has 0 radical (unpaired) electrons. The van der Waals surface area contributed by atoms with E-state index in [9.17, 15) is 13.2 Å². The topological polar surface area (TPSA) is 78.5 Å². The molecule has 1 amide bonds. The first-order valence-electron chi connectivity index (χ1n) is 9.05. The largest absolute Gasteiger partial charge is 0.354 e. The summed E-state index contributed by atoms with van der Waals surface area (Å²) < 4.78 is 26.9. The Morgan fingerprint density at radius 3 is 2.42 bits per heavy atom. The summed E-state index contributed by atoms with van der Waals surface area (Å²) >= 11 is 0. The predicted molar refractivity (Wildman–Crippen MR) is 104 cm³/mol. The molecule has 0 aliphatic carbocycles. The molecule has 26 heavy (non-hydrogen) atoms. The lowest BCUT2D eigenvalue weighted by Crippen LogP contribution is -2.45. The van der Waals surface area contributed by atoms with E-state index in [1.807, 2.05) is 19.1 Å². The summed E-state index contributed by atoms with van der Waals surface area (Å²) in [5.74, 6) is -0.0352. The number of nitrogens with one attached hydrogen (secondary N) is 2. The maximum absolute atomic E-state index is 12.7. The monoisotopic (exact) mass is 401 g/mol. The molecule has 1 aromatic carbocycles. The molecule has 1 atom stereocenters. The van der Waals surface area contributed by atoms with E-state index >= 15 is 0 Å². The van der Waals surface area contributed by atoms with Crippen molar-refractivity contribution in [1.29, 1.82) is 0 Å². The van der Waals surface area contributed by atoms with E-state index in [1.54, 1.807) is 12.1 Å². The van der Waals surface area contributed by atoms with Gasteiger partial charge in [-0.1, -0.05) is 17.7 Å². The molecule has 2 N–H and O–H groups in total. The Bertz CT molecular complexity index is 695.